The van der Waals surface area contributed by atoms with Gasteiger partial charge < -0.3 is 15.4 Å². The van der Waals surface area contributed by atoms with Crippen LogP contribution in [0.2, 0.25) is 0 Å². The first-order valence-corrected chi connectivity index (χ1v) is 8.26. The lowest BCUT2D eigenvalue weighted by Gasteiger charge is -2.33. The van der Waals surface area contributed by atoms with E-state index in [1.807, 2.05) is 28.2 Å². The molecule has 122 valence electrons. The minimum absolute atomic E-state index is 0.105. The number of carbonyl (C=O) groups excluding carboxylic acids is 2. The minimum atomic E-state index is -0.852. The highest BCUT2D eigenvalue weighted by Crippen LogP contribution is 2.33. The highest BCUT2D eigenvalue weighted by molar-refractivity contribution is 7.15. The minimum Gasteiger partial charge on any atom is -0.477 e. The lowest BCUT2D eigenvalue weighted by atomic mass is 10.1. The van der Waals surface area contributed by atoms with Gasteiger partial charge in [-0.25, -0.2) is 4.98 Å². The fourth-order valence-electron chi connectivity index (χ4n) is 2.73. The van der Waals surface area contributed by atoms with Crippen LogP contribution >= 0.6 is 11.3 Å². The van der Waals surface area contributed by atoms with Crippen molar-refractivity contribution < 1.29 is 14.3 Å². The quantitative estimate of drug-likeness (QED) is 0.775. The summed E-state index contributed by atoms with van der Waals surface area (Å²) >= 11 is 1.51. The fourth-order valence-corrected chi connectivity index (χ4v) is 3.45. The fraction of sp³-hybridized carbons (Fsp3) is 0.188. The molecule has 1 atom stereocenters. The number of primary amides is 1. The van der Waals surface area contributed by atoms with Crippen molar-refractivity contribution in [3.05, 3.63) is 47.7 Å². The number of benzene rings is 1. The number of amides is 2. The largest absolute Gasteiger partial charge is 0.477 e. The summed E-state index contributed by atoms with van der Waals surface area (Å²) in [4.78, 5) is 31.1. The molecule has 2 amide bonds. The van der Waals surface area contributed by atoms with Crippen molar-refractivity contribution in [2.45, 2.75) is 12.5 Å². The van der Waals surface area contributed by atoms with Gasteiger partial charge in [0.05, 0.1) is 24.3 Å². The monoisotopic (exact) mass is 342 g/mol. The van der Waals surface area contributed by atoms with E-state index in [0.717, 1.165) is 4.96 Å². The van der Waals surface area contributed by atoms with Crippen LogP contribution in [-0.2, 0) is 16.0 Å². The Balaban J connectivity index is 1.62. The van der Waals surface area contributed by atoms with Crippen LogP contribution in [-0.4, -0.2) is 33.8 Å². The van der Waals surface area contributed by atoms with E-state index in [4.69, 9.17) is 10.5 Å². The number of carbonyl (C=O) groups is 2. The third-order valence-electron chi connectivity index (χ3n) is 3.87. The molecule has 0 saturated carbocycles. The third-order valence-corrected chi connectivity index (χ3v) is 4.64. The molecule has 2 N–H and O–H groups in total. The van der Waals surface area contributed by atoms with Gasteiger partial charge in [-0.15, -0.1) is 11.3 Å². The summed E-state index contributed by atoms with van der Waals surface area (Å²) in [5.74, 6) is -0.265. The highest BCUT2D eigenvalue weighted by atomic mass is 32.1. The van der Waals surface area contributed by atoms with Gasteiger partial charge in [0.2, 0.25) is 5.91 Å². The Kier molecular flexibility index (Phi) is 3.46. The molecule has 0 unspecified atom stereocenters. The molecule has 0 fully saturated rings. The van der Waals surface area contributed by atoms with Crippen LogP contribution in [0.4, 0.5) is 5.69 Å². The number of anilines is 1. The van der Waals surface area contributed by atoms with Crippen LogP contribution in [0.15, 0.2) is 42.0 Å². The molecule has 1 aliphatic heterocycles. The van der Waals surface area contributed by atoms with Gasteiger partial charge in [0, 0.05) is 17.8 Å². The Bertz CT molecular complexity index is 904. The molecule has 1 aromatic carbocycles. The van der Waals surface area contributed by atoms with Crippen molar-refractivity contribution in [1.82, 2.24) is 9.38 Å². The van der Waals surface area contributed by atoms with Gasteiger partial charge in [0.15, 0.2) is 11.1 Å². The van der Waals surface area contributed by atoms with Crippen LogP contribution in [0.5, 0.6) is 5.75 Å². The first kappa shape index (κ1) is 14.7. The second kappa shape index (κ2) is 5.64. The number of nitrogens with two attached hydrogens (primary N) is 1. The first-order chi connectivity index (χ1) is 11.6. The number of para-hydroxylation sites is 2. The summed E-state index contributed by atoms with van der Waals surface area (Å²) in [6, 6.07) is 7.11. The topological polar surface area (TPSA) is 89.9 Å². The van der Waals surface area contributed by atoms with Gasteiger partial charge >= 0.3 is 0 Å². The Morgan fingerprint density at radius 3 is 3.00 bits per heavy atom. The number of nitrogens with zero attached hydrogens (tertiary/aromatic N) is 3. The van der Waals surface area contributed by atoms with E-state index >= 15 is 0 Å². The number of fused-ring (bicyclic) bond motifs is 2. The molecule has 2 aromatic heterocycles. The van der Waals surface area contributed by atoms with E-state index in [1.165, 1.54) is 11.3 Å². The van der Waals surface area contributed by atoms with Crippen molar-refractivity contribution in [3.63, 3.8) is 0 Å². The number of aromatic nitrogens is 2. The first-order valence-electron chi connectivity index (χ1n) is 7.38. The maximum absolute atomic E-state index is 12.8. The molecular weight excluding hydrogens is 328 g/mol. The van der Waals surface area contributed by atoms with E-state index in [0.29, 0.717) is 17.1 Å². The average Bonchev–Trinajstić information content (AvgIpc) is 3.15. The second-order valence-electron chi connectivity index (χ2n) is 5.48. The molecule has 1 aliphatic rings. The molecule has 4 rings (SSSR count). The zero-order valence-corrected chi connectivity index (χ0v) is 13.4. The number of ether oxygens (including phenoxy) is 1. The second-order valence-corrected chi connectivity index (χ2v) is 6.36. The average molecular weight is 342 g/mol. The van der Waals surface area contributed by atoms with Crippen molar-refractivity contribution in [2.24, 2.45) is 5.73 Å². The van der Waals surface area contributed by atoms with Crippen LogP contribution in [0.1, 0.15) is 5.69 Å². The standard InChI is InChI=1S/C16H14N4O3S/c17-15(22)13-9-20(11-3-1-2-4-12(11)23-13)14(21)7-10-8-19-5-6-24-16(19)18-10/h1-6,8,13H,7,9H2,(H2,17,22)/t13-/m0/s1. The van der Waals surface area contributed by atoms with Crippen molar-refractivity contribution in [3.8, 4) is 5.75 Å². The lowest BCUT2D eigenvalue weighted by Crippen LogP contribution is -2.49. The number of imidazole rings is 1. The molecule has 0 saturated heterocycles. The summed E-state index contributed by atoms with van der Waals surface area (Å²) in [5, 5.41) is 1.93. The predicted octanol–water partition coefficient (Wildman–Crippen LogP) is 1.22. The van der Waals surface area contributed by atoms with Crippen LogP contribution < -0.4 is 15.4 Å². The Morgan fingerprint density at radius 2 is 2.21 bits per heavy atom. The van der Waals surface area contributed by atoms with E-state index < -0.39 is 12.0 Å². The summed E-state index contributed by atoms with van der Waals surface area (Å²) in [6.07, 6.45) is 3.03. The Hall–Kier alpha value is -2.87. The number of hydrogen-bond donors (Lipinski definition) is 1. The molecule has 0 spiro atoms. The summed E-state index contributed by atoms with van der Waals surface area (Å²) in [7, 11) is 0. The van der Waals surface area contributed by atoms with Gasteiger partial charge in [-0.2, -0.15) is 0 Å². The third kappa shape index (κ3) is 2.50. The summed E-state index contributed by atoms with van der Waals surface area (Å²) in [5.41, 5.74) is 6.69. The zero-order chi connectivity index (χ0) is 16.7. The number of hydrogen-bond acceptors (Lipinski definition) is 5. The molecule has 0 aliphatic carbocycles. The lowest BCUT2D eigenvalue weighted by molar-refractivity contribution is -0.125. The van der Waals surface area contributed by atoms with Crippen molar-refractivity contribution in [1.29, 1.82) is 0 Å². The Labute approximate surface area is 141 Å². The van der Waals surface area contributed by atoms with Crippen LogP contribution in [0, 0.1) is 0 Å². The zero-order valence-electron chi connectivity index (χ0n) is 12.6. The Morgan fingerprint density at radius 1 is 1.38 bits per heavy atom. The molecule has 3 heterocycles. The molecule has 0 radical (unpaired) electrons. The molecular formula is C16H14N4O3S. The van der Waals surface area contributed by atoms with E-state index in [1.54, 1.807) is 23.1 Å². The molecule has 8 heteroatoms. The number of rotatable bonds is 3. The predicted molar refractivity (Wildman–Crippen MR) is 89.2 cm³/mol. The van der Waals surface area contributed by atoms with Gasteiger partial charge in [-0.1, -0.05) is 12.1 Å². The maximum atomic E-state index is 12.8. The maximum Gasteiger partial charge on any atom is 0.260 e. The van der Waals surface area contributed by atoms with E-state index in [-0.39, 0.29) is 18.9 Å². The van der Waals surface area contributed by atoms with Gasteiger partial charge in [0.25, 0.3) is 5.91 Å². The van der Waals surface area contributed by atoms with Gasteiger partial charge in [-0.3, -0.25) is 14.0 Å². The van der Waals surface area contributed by atoms with Gasteiger partial charge in [-0.05, 0) is 12.1 Å². The van der Waals surface area contributed by atoms with Crippen molar-refractivity contribution >= 4 is 33.8 Å². The molecule has 0 bridgehead atoms. The van der Waals surface area contributed by atoms with E-state index in [2.05, 4.69) is 4.98 Å². The van der Waals surface area contributed by atoms with Crippen LogP contribution in [0.25, 0.3) is 4.96 Å². The van der Waals surface area contributed by atoms with Crippen molar-refractivity contribution in [2.75, 3.05) is 11.4 Å². The van der Waals surface area contributed by atoms with Crippen LogP contribution in [0.3, 0.4) is 0 Å². The smallest absolute Gasteiger partial charge is 0.260 e. The molecule has 24 heavy (non-hydrogen) atoms. The van der Waals surface area contributed by atoms with Gasteiger partial charge in [0.1, 0.15) is 5.75 Å². The summed E-state index contributed by atoms with van der Waals surface area (Å²) in [6.45, 7) is 0.105. The molecule has 7 nitrogen and oxygen atoms in total. The molecule has 3 aromatic rings. The van der Waals surface area contributed by atoms with E-state index in [9.17, 15) is 9.59 Å². The highest BCUT2D eigenvalue weighted by Gasteiger charge is 2.32. The SMILES string of the molecule is NC(=O)[C@@H]1CN(C(=O)Cc2cn3ccsc3n2)c2ccccc2O1. The number of thiazole rings is 1. The normalized spacial score (nSPS) is 16.7. The summed E-state index contributed by atoms with van der Waals surface area (Å²) < 4.78 is 7.45.